The van der Waals surface area contributed by atoms with Crippen LogP contribution in [0, 0.1) is 23.2 Å². The largest absolute Gasteiger partial charge is 0.371 e. The Hall–Kier alpha value is -1.01. The minimum atomic E-state index is 0.701. The van der Waals surface area contributed by atoms with Gasteiger partial charge >= 0.3 is 0 Å². The Labute approximate surface area is 111 Å². The first-order valence-corrected chi connectivity index (χ1v) is 6.85. The third-order valence-corrected chi connectivity index (χ3v) is 4.43. The van der Waals surface area contributed by atoms with Crippen molar-refractivity contribution in [3.63, 3.8) is 0 Å². The number of nitrogens with zero attached hydrogens (tertiary/aromatic N) is 2. The third-order valence-electron chi connectivity index (χ3n) is 3.77. The number of nitriles is 1. The monoisotopic (exact) mass is 292 g/mol. The van der Waals surface area contributed by atoms with Crippen LogP contribution in [-0.4, -0.2) is 13.1 Å². The van der Waals surface area contributed by atoms with E-state index in [1.165, 1.54) is 12.1 Å². The fourth-order valence-electron chi connectivity index (χ4n) is 2.29. The maximum Gasteiger partial charge on any atom is 0.100 e. The van der Waals surface area contributed by atoms with Crippen LogP contribution in [-0.2, 0) is 0 Å². The van der Waals surface area contributed by atoms with Crippen LogP contribution in [0.25, 0.3) is 0 Å². The molecule has 1 aliphatic heterocycles. The Morgan fingerprint density at radius 2 is 2.12 bits per heavy atom. The zero-order chi connectivity index (χ0) is 12.4. The molecule has 2 unspecified atom stereocenters. The van der Waals surface area contributed by atoms with Gasteiger partial charge in [-0.3, -0.25) is 0 Å². The normalized spacial score (nSPS) is 24.5. The van der Waals surface area contributed by atoms with Gasteiger partial charge in [-0.2, -0.15) is 5.26 Å². The molecule has 3 heteroatoms. The van der Waals surface area contributed by atoms with E-state index in [0.29, 0.717) is 5.56 Å². The predicted molar refractivity (Wildman–Crippen MR) is 74.0 cm³/mol. The molecule has 0 spiro atoms. The maximum absolute atomic E-state index is 8.90. The molecule has 0 aromatic heterocycles. The minimum Gasteiger partial charge on any atom is -0.371 e. The fraction of sp³-hybridized carbons (Fsp3) is 0.500. The standard InChI is InChI=1S/C14H17BrN2/c1-10-5-6-17(9-11(10)2)13-4-3-12(8-16)14(15)7-13/h3-4,7,10-11H,5-6,9H2,1-2H3. The summed E-state index contributed by atoms with van der Waals surface area (Å²) in [4.78, 5) is 2.41. The number of anilines is 1. The van der Waals surface area contributed by atoms with Crippen LogP contribution in [0.15, 0.2) is 22.7 Å². The molecule has 0 amide bonds. The van der Waals surface area contributed by atoms with Crippen molar-refractivity contribution in [1.29, 1.82) is 5.26 Å². The Morgan fingerprint density at radius 3 is 2.71 bits per heavy atom. The van der Waals surface area contributed by atoms with Crippen molar-refractivity contribution < 1.29 is 0 Å². The summed E-state index contributed by atoms with van der Waals surface area (Å²) >= 11 is 3.45. The first-order valence-electron chi connectivity index (χ1n) is 6.06. The highest BCUT2D eigenvalue weighted by molar-refractivity contribution is 9.10. The van der Waals surface area contributed by atoms with Gasteiger partial charge in [-0.25, -0.2) is 0 Å². The van der Waals surface area contributed by atoms with E-state index in [1.807, 2.05) is 12.1 Å². The molecule has 0 N–H and O–H groups in total. The number of benzene rings is 1. The summed E-state index contributed by atoms with van der Waals surface area (Å²) < 4.78 is 0.892. The first-order chi connectivity index (χ1) is 8.11. The van der Waals surface area contributed by atoms with E-state index in [2.05, 4.69) is 46.8 Å². The van der Waals surface area contributed by atoms with Crippen LogP contribution in [0.2, 0.25) is 0 Å². The van der Waals surface area contributed by atoms with Gasteiger partial charge in [0.1, 0.15) is 6.07 Å². The Morgan fingerprint density at radius 1 is 1.35 bits per heavy atom. The van der Waals surface area contributed by atoms with E-state index < -0.39 is 0 Å². The summed E-state index contributed by atoms with van der Waals surface area (Å²) in [5.41, 5.74) is 1.92. The van der Waals surface area contributed by atoms with Gasteiger partial charge in [0.15, 0.2) is 0 Å². The lowest BCUT2D eigenvalue weighted by molar-refractivity contribution is 0.324. The molecule has 1 heterocycles. The van der Waals surface area contributed by atoms with Gasteiger partial charge in [-0.1, -0.05) is 13.8 Å². The van der Waals surface area contributed by atoms with Gasteiger partial charge in [0.05, 0.1) is 5.56 Å². The summed E-state index contributed by atoms with van der Waals surface area (Å²) in [6.45, 7) is 6.87. The third kappa shape index (κ3) is 2.63. The SMILES string of the molecule is CC1CCN(c2ccc(C#N)c(Br)c2)CC1C. The average Bonchev–Trinajstić information content (AvgIpc) is 2.32. The zero-order valence-electron chi connectivity index (χ0n) is 10.3. The molecule has 0 bridgehead atoms. The summed E-state index contributed by atoms with van der Waals surface area (Å²) in [6, 6.07) is 8.17. The van der Waals surface area contributed by atoms with Gasteiger partial charge < -0.3 is 4.90 Å². The summed E-state index contributed by atoms with van der Waals surface area (Å²) in [6.07, 6.45) is 1.25. The highest BCUT2D eigenvalue weighted by atomic mass is 79.9. The van der Waals surface area contributed by atoms with Crippen molar-refractivity contribution in [1.82, 2.24) is 0 Å². The lowest BCUT2D eigenvalue weighted by Gasteiger charge is -2.37. The number of hydrogen-bond donors (Lipinski definition) is 0. The first kappa shape index (κ1) is 12.4. The molecular weight excluding hydrogens is 276 g/mol. The molecule has 17 heavy (non-hydrogen) atoms. The minimum absolute atomic E-state index is 0.701. The van der Waals surface area contributed by atoms with Gasteiger partial charge in [0.2, 0.25) is 0 Å². The number of rotatable bonds is 1. The molecule has 0 radical (unpaired) electrons. The van der Waals surface area contributed by atoms with E-state index in [4.69, 9.17) is 5.26 Å². The van der Waals surface area contributed by atoms with Crippen molar-refractivity contribution in [3.05, 3.63) is 28.2 Å². The molecule has 1 fully saturated rings. The molecule has 1 aromatic rings. The second-order valence-electron chi connectivity index (χ2n) is 4.97. The molecule has 2 nitrogen and oxygen atoms in total. The van der Waals surface area contributed by atoms with Gasteiger partial charge in [0, 0.05) is 23.2 Å². The fourth-order valence-corrected chi connectivity index (χ4v) is 2.74. The van der Waals surface area contributed by atoms with Crippen molar-refractivity contribution in [2.75, 3.05) is 18.0 Å². The second-order valence-corrected chi connectivity index (χ2v) is 5.82. The Kier molecular flexibility index (Phi) is 3.73. The smallest absolute Gasteiger partial charge is 0.100 e. The number of halogens is 1. The molecule has 90 valence electrons. The summed E-state index contributed by atoms with van der Waals surface area (Å²) in [5, 5.41) is 8.90. The van der Waals surface area contributed by atoms with Crippen molar-refractivity contribution in [3.8, 4) is 6.07 Å². The molecular formula is C14H17BrN2. The maximum atomic E-state index is 8.90. The number of piperidine rings is 1. The number of hydrogen-bond acceptors (Lipinski definition) is 2. The van der Waals surface area contributed by atoms with E-state index in [-0.39, 0.29) is 0 Å². The van der Waals surface area contributed by atoms with E-state index in [1.54, 1.807) is 0 Å². The molecule has 1 saturated heterocycles. The van der Waals surface area contributed by atoms with Crippen LogP contribution in [0.4, 0.5) is 5.69 Å². The molecule has 0 saturated carbocycles. The lowest BCUT2D eigenvalue weighted by atomic mass is 9.88. The predicted octanol–water partition coefficient (Wildman–Crippen LogP) is 3.80. The van der Waals surface area contributed by atoms with Gasteiger partial charge in [-0.05, 0) is 52.4 Å². The summed E-state index contributed by atoms with van der Waals surface area (Å²) in [5.74, 6) is 1.55. The second kappa shape index (κ2) is 5.10. The molecule has 2 rings (SSSR count). The Bertz CT molecular complexity index is 450. The quantitative estimate of drug-likeness (QED) is 0.787. The highest BCUT2D eigenvalue weighted by Gasteiger charge is 2.22. The Balaban J connectivity index is 2.18. The van der Waals surface area contributed by atoms with E-state index >= 15 is 0 Å². The van der Waals surface area contributed by atoms with Crippen LogP contribution >= 0.6 is 15.9 Å². The lowest BCUT2D eigenvalue weighted by Crippen LogP contribution is -2.38. The highest BCUT2D eigenvalue weighted by Crippen LogP contribution is 2.29. The molecule has 1 aromatic carbocycles. The average molecular weight is 293 g/mol. The van der Waals surface area contributed by atoms with Gasteiger partial charge in [-0.15, -0.1) is 0 Å². The molecule has 1 aliphatic rings. The van der Waals surface area contributed by atoms with E-state index in [0.717, 1.165) is 29.4 Å². The molecule has 2 atom stereocenters. The van der Waals surface area contributed by atoms with Crippen LogP contribution in [0.3, 0.4) is 0 Å². The van der Waals surface area contributed by atoms with Crippen LogP contribution < -0.4 is 4.90 Å². The summed E-state index contributed by atoms with van der Waals surface area (Å²) in [7, 11) is 0. The van der Waals surface area contributed by atoms with Crippen LogP contribution in [0.5, 0.6) is 0 Å². The van der Waals surface area contributed by atoms with Crippen molar-refractivity contribution >= 4 is 21.6 Å². The topological polar surface area (TPSA) is 27.0 Å². The molecule has 0 aliphatic carbocycles. The van der Waals surface area contributed by atoms with Crippen molar-refractivity contribution in [2.24, 2.45) is 11.8 Å². The van der Waals surface area contributed by atoms with Gasteiger partial charge in [0.25, 0.3) is 0 Å². The van der Waals surface area contributed by atoms with E-state index in [9.17, 15) is 0 Å². The van der Waals surface area contributed by atoms with Crippen molar-refractivity contribution in [2.45, 2.75) is 20.3 Å². The zero-order valence-corrected chi connectivity index (χ0v) is 11.9. The van der Waals surface area contributed by atoms with Crippen LogP contribution in [0.1, 0.15) is 25.8 Å².